The lowest BCUT2D eigenvalue weighted by Crippen LogP contribution is -2.33. The van der Waals surface area contributed by atoms with E-state index in [1.807, 2.05) is 24.3 Å². The summed E-state index contributed by atoms with van der Waals surface area (Å²) in [6.45, 7) is 9.94. The van der Waals surface area contributed by atoms with Gasteiger partial charge in [-0.15, -0.1) is 11.6 Å². The summed E-state index contributed by atoms with van der Waals surface area (Å²) in [5, 5.41) is 0. The number of benzene rings is 1. The van der Waals surface area contributed by atoms with E-state index in [1.165, 1.54) is 5.56 Å². The van der Waals surface area contributed by atoms with Crippen molar-refractivity contribution in [3.8, 4) is 5.75 Å². The van der Waals surface area contributed by atoms with Crippen LogP contribution in [-0.2, 0) is 25.1 Å². The normalized spacial score (nSPS) is 14.0. The fourth-order valence-corrected chi connectivity index (χ4v) is 2.41. The molecular formula is C15H23ClO4S. The van der Waals surface area contributed by atoms with E-state index in [1.54, 1.807) is 13.8 Å². The zero-order chi connectivity index (χ0) is 16.1. The van der Waals surface area contributed by atoms with Gasteiger partial charge < -0.3 is 4.74 Å². The molecule has 0 aliphatic rings. The summed E-state index contributed by atoms with van der Waals surface area (Å²) in [5.41, 5.74) is 1.30. The van der Waals surface area contributed by atoms with Gasteiger partial charge in [-0.25, -0.2) is 4.18 Å². The SMILES string of the molecule is CC(C)(Oc1ccc(C(C)(C)C)cc1)OS(=O)OCCCl. The first-order valence-electron chi connectivity index (χ1n) is 6.74. The van der Waals surface area contributed by atoms with Crippen LogP contribution in [0.3, 0.4) is 0 Å². The zero-order valence-electron chi connectivity index (χ0n) is 13.1. The summed E-state index contributed by atoms with van der Waals surface area (Å²) in [5.74, 6) is -0.173. The van der Waals surface area contributed by atoms with E-state index >= 15 is 0 Å². The van der Waals surface area contributed by atoms with Crippen molar-refractivity contribution in [1.29, 1.82) is 0 Å². The molecule has 0 fully saturated rings. The van der Waals surface area contributed by atoms with Gasteiger partial charge in [-0.05, 0) is 23.1 Å². The molecule has 1 aromatic carbocycles. The van der Waals surface area contributed by atoms with Crippen molar-refractivity contribution in [3.05, 3.63) is 29.8 Å². The summed E-state index contributed by atoms with van der Waals surface area (Å²) in [6, 6.07) is 7.75. The fourth-order valence-electron chi connectivity index (χ4n) is 1.61. The van der Waals surface area contributed by atoms with Crippen molar-refractivity contribution in [1.82, 2.24) is 0 Å². The minimum Gasteiger partial charge on any atom is -0.462 e. The Bertz CT molecular complexity index is 466. The first kappa shape index (κ1) is 18.4. The maximum atomic E-state index is 11.5. The Morgan fingerprint density at radius 3 is 2.14 bits per heavy atom. The Labute approximate surface area is 134 Å². The van der Waals surface area contributed by atoms with Crippen LogP contribution in [0.15, 0.2) is 24.3 Å². The Kier molecular flexibility index (Phi) is 6.66. The van der Waals surface area contributed by atoms with E-state index in [4.69, 9.17) is 24.7 Å². The largest absolute Gasteiger partial charge is 0.462 e. The lowest BCUT2D eigenvalue weighted by molar-refractivity contribution is -0.0787. The van der Waals surface area contributed by atoms with Crippen molar-refractivity contribution < 1.29 is 17.3 Å². The Balaban J connectivity index is 2.64. The second-order valence-electron chi connectivity index (χ2n) is 6.07. The minimum absolute atomic E-state index is 0.0848. The summed E-state index contributed by atoms with van der Waals surface area (Å²) in [7, 11) is 0. The molecule has 1 rings (SSSR count). The summed E-state index contributed by atoms with van der Waals surface area (Å²) in [4.78, 5) is 0. The lowest BCUT2D eigenvalue weighted by Gasteiger charge is -2.25. The second-order valence-corrected chi connectivity index (χ2v) is 7.26. The van der Waals surface area contributed by atoms with E-state index in [2.05, 4.69) is 20.8 Å². The molecule has 1 atom stereocenters. The quantitative estimate of drug-likeness (QED) is 0.559. The Morgan fingerprint density at radius 2 is 1.67 bits per heavy atom. The zero-order valence-corrected chi connectivity index (χ0v) is 14.7. The molecule has 0 spiro atoms. The maximum Gasteiger partial charge on any atom is 0.308 e. The average Bonchev–Trinajstić information content (AvgIpc) is 2.34. The molecule has 6 heteroatoms. The van der Waals surface area contributed by atoms with Gasteiger partial charge in [0.1, 0.15) is 5.75 Å². The number of hydrogen-bond donors (Lipinski definition) is 0. The van der Waals surface area contributed by atoms with Crippen LogP contribution in [-0.4, -0.2) is 22.5 Å². The van der Waals surface area contributed by atoms with E-state index < -0.39 is 17.1 Å². The highest BCUT2D eigenvalue weighted by atomic mass is 35.5. The van der Waals surface area contributed by atoms with E-state index in [9.17, 15) is 4.21 Å². The van der Waals surface area contributed by atoms with Gasteiger partial charge in [0.25, 0.3) is 0 Å². The third-order valence-electron chi connectivity index (χ3n) is 2.61. The Hall–Kier alpha value is -0.620. The molecule has 21 heavy (non-hydrogen) atoms. The molecule has 0 aliphatic heterocycles. The second kappa shape index (κ2) is 7.58. The van der Waals surface area contributed by atoms with Crippen molar-refractivity contribution in [2.24, 2.45) is 0 Å². The minimum atomic E-state index is -1.89. The molecule has 0 N–H and O–H groups in total. The van der Waals surface area contributed by atoms with Crippen LogP contribution in [0.25, 0.3) is 0 Å². The third kappa shape index (κ3) is 6.78. The molecule has 0 saturated heterocycles. The summed E-state index contributed by atoms with van der Waals surface area (Å²) >= 11 is 3.56. The highest BCUT2D eigenvalue weighted by Crippen LogP contribution is 2.26. The van der Waals surface area contributed by atoms with E-state index in [-0.39, 0.29) is 17.9 Å². The molecule has 0 aromatic heterocycles. The third-order valence-corrected chi connectivity index (χ3v) is 3.66. The van der Waals surface area contributed by atoms with Gasteiger partial charge >= 0.3 is 11.4 Å². The molecule has 1 unspecified atom stereocenters. The van der Waals surface area contributed by atoms with Gasteiger partial charge in [-0.1, -0.05) is 32.9 Å². The van der Waals surface area contributed by atoms with Gasteiger partial charge in [-0.2, -0.15) is 4.21 Å². The van der Waals surface area contributed by atoms with E-state index in [0.717, 1.165) is 0 Å². The van der Waals surface area contributed by atoms with Crippen molar-refractivity contribution in [3.63, 3.8) is 0 Å². The Morgan fingerprint density at radius 1 is 1.10 bits per heavy atom. The number of rotatable bonds is 7. The molecule has 0 heterocycles. The number of halogens is 1. The molecule has 0 aliphatic carbocycles. The van der Waals surface area contributed by atoms with Crippen molar-refractivity contribution in [2.75, 3.05) is 12.5 Å². The monoisotopic (exact) mass is 334 g/mol. The van der Waals surface area contributed by atoms with Gasteiger partial charge in [0.15, 0.2) is 0 Å². The molecular weight excluding hydrogens is 312 g/mol. The smallest absolute Gasteiger partial charge is 0.308 e. The number of ether oxygens (including phenoxy) is 1. The molecule has 4 nitrogen and oxygen atoms in total. The van der Waals surface area contributed by atoms with Gasteiger partial charge in [-0.3, -0.25) is 4.18 Å². The molecule has 0 saturated carbocycles. The number of hydrogen-bond acceptors (Lipinski definition) is 4. The topological polar surface area (TPSA) is 44.8 Å². The van der Waals surface area contributed by atoms with Crippen LogP contribution in [0.4, 0.5) is 0 Å². The van der Waals surface area contributed by atoms with Crippen LogP contribution in [0.1, 0.15) is 40.2 Å². The standard InChI is InChI=1S/C15H23ClO4S/c1-14(2,3)12-6-8-13(9-7-12)19-15(4,5)20-21(17)18-11-10-16/h6-9H,10-11H2,1-5H3. The van der Waals surface area contributed by atoms with Gasteiger partial charge in [0.05, 0.1) is 6.61 Å². The van der Waals surface area contributed by atoms with Crippen LogP contribution in [0.5, 0.6) is 5.75 Å². The molecule has 0 amide bonds. The van der Waals surface area contributed by atoms with Crippen LogP contribution in [0.2, 0.25) is 0 Å². The molecule has 0 radical (unpaired) electrons. The first-order valence-corrected chi connectivity index (χ1v) is 8.27. The average molecular weight is 335 g/mol. The molecule has 0 bridgehead atoms. The van der Waals surface area contributed by atoms with Gasteiger partial charge in [0.2, 0.25) is 5.79 Å². The molecule has 120 valence electrons. The molecule has 1 aromatic rings. The number of alkyl halides is 1. The first-order chi connectivity index (χ1) is 9.64. The van der Waals surface area contributed by atoms with Gasteiger partial charge in [0, 0.05) is 19.7 Å². The maximum absolute atomic E-state index is 11.5. The predicted molar refractivity (Wildman–Crippen MR) is 85.7 cm³/mol. The van der Waals surface area contributed by atoms with E-state index in [0.29, 0.717) is 5.75 Å². The fraction of sp³-hybridized carbons (Fsp3) is 0.600. The summed E-state index contributed by atoms with van der Waals surface area (Å²) in [6.07, 6.45) is 0. The van der Waals surface area contributed by atoms with Crippen LogP contribution < -0.4 is 4.74 Å². The van der Waals surface area contributed by atoms with Crippen molar-refractivity contribution in [2.45, 2.75) is 45.8 Å². The highest BCUT2D eigenvalue weighted by Gasteiger charge is 2.25. The van der Waals surface area contributed by atoms with Crippen LogP contribution >= 0.6 is 11.6 Å². The summed E-state index contributed by atoms with van der Waals surface area (Å²) < 4.78 is 27.3. The lowest BCUT2D eigenvalue weighted by atomic mass is 9.87. The predicted octanol–water partition coefficient (Wildman–Crippen LogP) is 3.95. The van der Waals surface area contributed by atoms with Crippen molar-refractivity contribution >= 4 is 23.0 Å². The van der Waals surface area contributed by atoms with Crippen LogP contribution in [0, 0.1) is 0 Å². The highest BCUT2D eigenvalue weighted by molar-refractivity contribution is 7.75.